The van der Waals surface area contributed by atoms with Gasteiger partial charge in [-0.2, -0.15) is 23.5 Å². The van der Waals surface area contributed by atoms with Crippen molar-refractivity contribution < 1.29 is 4.74 Å². The number of thioether (sulfide) groups is 2. The van der Waals surface area contributed by atoms with Crippen molar-refractivity contribution in [2.75, 3.05) is 30.9 Å². The van der Waals surface area contributed by atoms with E-state index in [1.807, 2.05) is 12.1 Å². The zero-order chi connectivity index (χ0) is 12.8. The molecule has 1 heterocycles. The average Bonchev–Trinajstić information content (AvgIpc) is 2.40. The van der Waals surface area contributed by atoms with Crippen LogP contribution in [0, 0.1) is 0 Å². The molecule has 0 amide bonds. The Morgan fingerprint density at radius 3 is 3.06 bits per heavy atom. The molecule has 2 rings (SSSR count). The van der Waals surface area contributed by atoms with Crippen LogP contribution in [0.4, 0.5) is 0 Å². The van der Waals surface area contributed by atoms with Gasteiger partial charge in [0, 0.05) is 45.6 Å². The maximum Gasteiger partial charge on any atom is 0.123 e. The number of methoxy groups -OCH3 is 1. The largest absolute Gasteiger partial charge is 0.496 e. The summed E-state index contributed by atoms with van der Waals surface area (Å²) in [5.74, 6) is 4.82. The van der Waals surface area contributed by atoms with Crippen molar-refractivity contribution in [2.24, 2.45) is 0 Å². The smallest absolute Gasteiger partial charge is 0.123 e. The fraction of sp³-hybridized carbons (Fsp3) is 0.538. The molecule has 1 aliphatic heterocycles. The van der Waals surface area contributed by atoms with E-state index in [9.17, 15) is 0 Å². The monoisotopic (exact) mass is 347 g/mol. The summed E-state index contributed by atoms with van der Waals surface area (Å²) >= 11 is 7.66. The summed E-state index contributed by atoms with van der Waals surface area (Å²) in [7, 11) is 1.72. The summed E-state index contributed by atoms with van der Waals surface area (Å²) in [6.07, 6.45) is 0. The summed E-state index contributed by atoms with van der Waals surface area (Å²) in [6.45, 7) is 1.94. The van der Waals surface area contributed by atoms with Gasteiger partial charge in [0.05, 0.1) is 7.11 Å². The molecule has 100 valence electrons. The van der Waals surface area contributed by atoms with Crippen LogP contribution in [-0.2, 0) is 6.54 Å². The number of ether oxygens (including phenoxy) is 1. The van der Waals surface area contributed by atoms with Gasteiger partial charge in [-0.3, -0.25) is 0 Å². The average molecular weight is 348 g/mol. The van der Waals surface area contributed by atoms with E-state index in [2.05, 4.69) is 50.8 Å². The molecule has 1 aliphatic rings. The van der Waals surface area contributed by atoms with Gasteiger partial charge in [-0.25, -0.2) is 0 Å². The van der Waals surface area contributed by atoms with Gasteiger partial charge in [0.2, 0.25) is 0 Å². The molecule has 1 fully saturated rings. The maximum absolute atomic E-state index is 5.37. The highest BCUT2D eigenvalue weighted by molar-refractivity contribution is 9.10. The molecule has 18 heavy (non-hydrogen) atoms. The number of hydrogen-bond donors (Lipinski definition) is 1. The van der Waals surface area contributed by atoms with Crippen molar-refractivity contribution in [1.29, 1.82) is 0 Å². The molecule has 1 saturated heterocycles. The van der Waals surface area contributed by atoms with Gasteiger partial charge in [0.15, 0.2) is 0 Å². The number of nitrogens with one attached hydrogen (secondary N) is 1. The molecule has 0 unspecified atom stereocenters. The molecule has 0 aliphatic carbocycles. The van der Waals surface area contributed by atoms with Crippen molar-refractivity contribution in [3.63, 3.8) is 0 Å². The number of halogens is 1. The Balaban J connectivity index is 1.83. The summed E-state index contributed by atoms with van der Waals surface area (Å²) in [5.41, 5.74) is 1.21. The molecule has 2 nitrogen and oxygen atoms in total. The Bertz CT molecular complexity index is 383. The summed E-state index contributed by atoms with van der Waals surface area (Å²) in [4.78, 5) is 0. The van der Waals surface area contributed by atoms with Crippen LogP contribution in [0.25, 0.3) is 0 Å². The van der Waals surface area contributed by atoms with Gasteiger partial charge < -0.3 is 10.1 Å². The summed E-state index contributed by atoms with van der Waals surface area (Å²) in [6, 6.07) is 6.14. The van der Waals surface area contributed by atoms with Gasteiger partial charge in [0.1, 0.15) is 5.75 Å². The molecule has 0 aromatic heterocycles. The van der Waals surface area contributed by atoms with E-state index in [4.69, 9.17) is 4.74 Å². The number of rotatable bonds is 5. The maximum atomic E-state index is 5.37. The lowest BCUT2D eigenvalue weighted by atomic mass is 10.2. The van der Waals surface area contributed by atoms with Crippen molar-refractivity contribution in [3.8, 4) is 5.75 Å². The van der Waals surface area contributed by atoms with Gasteiger partial charge in [-0.05, 0) is 18.2 Å². The standard InChI is InChI=1S/C13H18BrNOS2/c1-16-13-3-2-11(14)6-10(13)7-15-8-12-9-17-4-5-18-12/h2-3,6,12,15H,4-5,7-9H2,1H3/t12-/m0/s1. The topological polar surface area (TPSA) is 21.3 Å². The predicted octanol–water partition coefficient (Wildman–Crippen LogP) is 3.40. The zero-order valence-corrected chi connectivity index (χ0v) is 13.7. The molecule has 1 atom stereocenters. The first-order valence-electron chi connectivity index (χ1n) is 6.02. The van der Waals surface area contributed by atoms with E-state index >= 15 is 0 Å². The third kappa shape index (κ3) is 4.37. The van der Waals surface area contributed by atoms with E-state index in [1.165, 1.54) is 22.8 Å². The van der Waals surface area contributed by atoms with Crippen LogP contribution in [0.2, 0.25) is 0 Å². The minimum absolute atomic E-state index is 0.752. The fourth-order valence-electron chi connectivity index (χ4n) is 1.91. The second kappa shape index (κ2) is 7.68. The Kier molecular flexibility index (Phi) is 6.21. The summed E-state index contributed by atoms with van der Waals surface area (Å²) in [5, 5.41) is 4.29. The van der Waals surface area contributed by atoms with Crippen molar-refractivity contribution >= 4 is 39.5 Å². The highest BCUT2D eigenvalue weighted by atomic mass is 79.9. The van der Waals surface area contributed by atoms with Crippen LogP contribution < -0.4 is 10.1 Å². The second-order valence-corrected chi connectivity index (χ2v) is 7.63. The molecule has 1 aromatic carbocycles. The molecule has 0 radical (unpaired) electrons. The van der Waals surface area contributed by atoms with Crippen molar-refractivity contribution in [1.82, 2.24) is 5.32 Å². The van der Waals surface area contributed by atoms with E-state index in [1.54, 1.807) is 7.11 Å². The first-order chi connectivity index (χ1) is 8.79. The Morgan fingerprint density at radius 2 is 2.33 bits per heavy atom. The van der Waals surface area contributed by atoms with Crippen LogP contribution in [0.5, 0.6) is 5.75 Å². The lowest BCUT2D eigenvalue weighted by Gasteiger charge is -2.21. The molecule has 0 spiro atoms. The first kappa shape index (κ1) is 14.6. The number of hydrogen-bond acceptors (Lipinski definition) is 4. The quantitative estimate of drug-likeness (QED) is 0.880. The number of benzene rings is 1. The molecule has 5 heteroatoms. The van der Waals surface area contributed by atoms with E-state index < -0.39 is 0 Å². The van der Waals surface area contributed by atoms with Crippen LogP contribution in [0.15, 0.2) is 22.7 Å². The van der Waals surface area contributed by atoms with Crippen molar-refractivity contribution in [2.45, 2.75) is 11.8 Å². The fourth-order valence-corrected chi connectivity index (χ4v) is 4.96. The van der Waals surface area contributed by atoms with Crippen LogP contribution in [0.1, 0.15) is 5.56 Å². The zero-order valence-electron chi connectivity index (χ0n) is 10.4. The third-order valence-corrected chi connectivity index (χ3v) is 6.15. The van der Waals surface area contributed by atoms with E-state index in [0.29, 0.717) is 0 Å². The van der Waals surface area contributed by atoms with Crippen LogP contribution >= 0.6 is 39.5 Å². The molecule has 1 aromatic rings. The van der Waals surface area contributed by atoms with Crippen LogP contribution in [0.3, 0.4) is 0 Å². The summed E-state index contributed by atoms with van der Waals surface area (Å²) < 4.78 is 6.47. The van der Waals surface area contributed by atoms with Gasteiger partial charge in [-0.15, -0.1) is 0 Å². The molecular formula is C13H18BrNOS2. The minimum Gasteiger partial charge on any atom is -0.496 e. The van der Waals surface area contributed by atoms with Gasteiger partial charge >= 0.3 is 0 Å². The van der Waals surface area contributed by atoms with Gasteiger partial charge in [0.25, 0.3) is 0 Å². The SMILES string of the molecule is COc1ccc(Br)cc1CNC[C@H]1CSCCS1. The second-order valence-electron chi connectivity index (χ2n) is 4.15. The highest BCUT2D eigenvalue weighted by Gasteiger charge is 2.13. The van der Waals surface area contributed by atoms with E-state index in [-0.39, 0.29) is 0 Å². The molecule has 1 N–H and O–H groups in total. The first-order valence-corrected chi connectivity index (χ1v) is 9.01. The minimum atomic E-state index is 0.752. The Hall–Kier alpha value is 0.160. The molecule has 0 saturated carbocycles. The van der Waals surface area contributed by atoms with Crippen molar-refractivity contribution in [3.05, 3.63) is 28.2 Å². The predicted molar refractivity (Wildman–Crippen MR) is 86.0 cm³/mol. The normalized spacial score (nSPS) is 19.8. The highest BCUT2D eigenvalue weighted by Crippen LogP contribution is 2.25. The Morgan fingerprint density at radius 1 is 1.44 bits per heavy atom. The lowest BCUT2D eigenvalue weighted by Crippen LogP contribution is -2.28. The Labute approximate surface area is 126 Å². The van der Waals surface area contributed by atoms with Gasteiger partial charge in [-0.1, -0.05) is 15.9 Å². The molecule has 0 bridgehead atoms. The van der Waals surface area contributed by atoms with E-state index in [0.717, 1.165) is 28.6 Å². The third-order valence-electron chi connectivity index (χ3n) is 2.81. The molecular weight excluding hydrogens is 330 g/mol. The lowest BCUT2D eigenvalue weighted by molar-refractivity contribution is 0.407. The van der Waals surface area contributed by atoms with Crippen LogP contribution in [-0.4, -0.2) is 36.2 Å².